The first-order valence-corrected chi connectivity index (χ1v) is 5.91. The summed E-state index contributed by atoms with van der Waals surface area (Å²) in [6.07, 6.45) is -4.25. The molecule has 1 nitrogen and oxygen atoms in total. The van der Waals surface area contributed by atoms with Crippen molar-refractivity contribution in [1.82, 2.24) is 4.72 Å². The zero-order chi connectivity index (χ0) is 12.2. The number of benzene rings is 1. The minimum absolute atomic E-state index is 0.361. The first-order valence-electron chi connectivity index (χ1n) is 4.93. The van der Waals surface area contributed by atoms with Crippen LogP contribution in [0.15, 0.2) is 24.3 Å². The van der Waals surface area contributed by atoms with Crippen molar-refractivity contribution in [2.75, 3.05) is 0 Å². The second-order valence-corrected chi connectivity index (χ2v) is 4.57. The van der Waals surface area contributed by atoms with E-state index in [1.54, 1.807) is 0 Å². The monoisotopic (exact) mass is 249 g/mol. The van der Waals surface area contributed by atoms with Crippen LogP contribution >= 0.6 is 11.9 Å². The molecular weight excluding hydrogens is 235 g/mol. The van der Waals surface area contributed by atoms with Crippen molar-refractivity contribution in [3.05, 3.63) is 35.4 Å². The minimum atomic E-state index is -4.25. The van der Waals surface area contributed by atoms with Crippen molar-refractivity contribution in [2.24, 2.45) is 0 Å². The van der Waals surface area contributed by atoms with Gasteiger partial charge < -0.3 is 0 Å². The Hall–Kier alpha value is -0.680. The molecular formula is C11H14F3NS. The van der Waals surface area contributed by atoms with Gasteiger partial charge >= 0.3 is 6.18 Å². The summed E-state index contributed by atoms with van der Waals surface area (Å²) in [5.41, 5.74) is 0.282. The van der Waals surface area contributed by atoms with E-state index in [4.69, 9.17) is 0 Å². The van der Waals surface area contributed by atoms with Gasteiger partial charge in [0.05, 0.1) is 5.56 Å². The van der Waals surface area contributed by atoms with Gasteiger partial charge in [0, 0.05) is 11.8 Å². The van der Waals surface area contributed by atoms with Crippen LogP contribution in [0.2, 0.25) is 0 Å². The Morgan fingerprint density at radius 2 is 1.75 bits per heavy atom. The third kappa shape index (κ3) is 4.45. The van der Waals surface area contributed by atoms with E-state index in [1.165, 1.54) is 24.1 Å². The van der Waals surface area contributed by atoms with E-state index in [9.17, 15) is 13.2 Å². The molecule has 0 heterocycles. The van der Waals surface area contributed by atoms with E-state index >= 15 is 0 Å². The predicted molar refractivity (Wildman–Crippen MR) is 61.0 cm³/mol. The molecule has 1 aromatic rings. The van der Waals surface area contributed by atoms with Gasteiger partial charge in [-0.1, -0.05) is 24.1 Å². The molecule has 0 aliphatic carbocycles. The SMILES string of the molecule is CC(C)NSCc1ccc(C(F)(F)F)cc1. The standard InChI is InChI=1S/C11H14F3NS/c1-8(2)15-16-7-9-3-5-10(6-4-9)11(12,13)14/h3-6,8,15H,7H2,1-2H3. The normalized spacial score (nSPS) is 12.1. The third-order valence-corrected chi connectivity index (χ3v) is 2.95. The van der Waals surface area contributed by atoms with Gasteiger partial charge in [-0.05, 0) is 31.5 Å². The smallest absolute Gasteiger partial charge is 0.261 e. The Bertz CT molecular complexity index is 319. The molecule has 0 aromatic heterocycles. The van der Waals surface area contributed by atoms with Crippen LogP contribution in [0.1, 0.15) is 25.0 Å². The molecule has 0 radical (unpaired) electrons. The van der Waals surface area contributed by atoms with Crippen LogP contribution in [0.4, 0.5) is 13.2 Å². The summed E-state index contributed by atoms with van der Waals surface area (Å²) in [5.74, 6) is 0.663. The van der Waals surface area contributed by atoms with Crippen molar-refractivity contribution in [2.45, 2.75) is 31.8 Å². The van der Waals surface area contributed by atoms with E-state index in [0.29, 0.717) is 11.8 Å². The summed E-state index contributed by atoms with van der Waals surface area (Å²) < 4.78 is 39.9. The summed E-state index contributed by atoms with van der Waals surface area (Å²) in [4.78, 5) is 0. The van der Waals surface area contributed by atoms with Gasteiger partial charge in [-0.2, -0.15) is 13.2 Å². The highest BCUT2D eigenvalue weighted by atomic mass is 32.2. The molecule has 90 valence electrons. The maximum atomic E-state index is 12.3. The van der Waals surface area contributed by atoms with Crippen molar-refractivity contribution in [1.29, 1.82) is 0 Å². The lowest BCUT2D eigenvalue weighted by atomic mass is 10.1. The van der Waals surface area contributed by atoms with Gasteiger partial charge in [0.1, 0.15) is 0 Å². The van der Waals surface area contributed by atoms with Crippen LogP contribution in [-0.4, -0.2) is 6.04 Å². The summed E-state index contributed by atoms with van der Waals surface area (Å²) in [6, 6.07) is 5.62. The molecule has 0 bridgehead atoms. The van der Waals surface area contributed by atoms with Gasteiger partial charge in [-0.3, -0.25) is 4.72 Å². The predicted octanol–water partition coefficient (Wildman–Crippen LogP) is 3.85. The van der Waals surface area contributed by atoms with Gasteiger partial charge in [0.2, 0.25) is 0 Å². The van der Waals surface area contributed by atoms with Crippen molar-refractivity contribution in [3.8, 4) is 0 Å². The molecule has 16 heavy (non-hydrogen) atoms. The lowest BCUT2D eigenvalue weighted by Crippen LogP contribution is -2.14. The molecule has 0 fully saturated rings. The lowest BCUT2D eigenvalue weighted by molar-refractivity contribution is -0.137. The molecule has 0 saturated carbocycles. The number of nitrogens with one attached hydrogen (secondary N) is 1. The fraction of sp³-hybridized carbons (Fsp3) is 0.455. The van der Waals surface area contributed by atoms with Crippen LogP contribution in [0.25, 0.3) is 0 Å². The Kier molecular flexibility index (Phi) is 4.68. The van der Waals surface area contributed by atoms with Crippen molar-refractivity contribution in [3.63, 3.8) is 0 Å². The number of hydrogen-bond acceptors (Lipinski definition) is 2. The van der Waals surface area contributed by atoms with Gasteiger partial charge in [0.15, 0.2) is 0 Å². The zero-order valence-electron chi connectivity index (χ0n) is 9.14. The summed E-state index contributed by atoms with van der Waals surface area (Å²) in [7, 11) is 0. The van der Waals surface area contributed by atoms with Gasteiger partial charge in [-0.15, -0.1) is 0 Å². The first kappa shape index (κ1) is 13.4. The molecule has 1 rings (SSSR count). The first-order chi connectivity index (χ1) is 7.39. The van der Waals surface area contributed by atoms with Crippen molar-refractivity contribution < 1.29 is 13.2 Å². The molecule has 5 heteroatoms. The zero-order valence-corrected chi connectivity index (χ0v) is 9.95. The van der Waals surface area contributed by atoms with Crippen LogP contribution < -0.4 is 4.72 Å². The van der Waals surface area contributed by atoms with Crippen LogP contribution in [-0.2, 0) is 11.9 Å². The quantitative estimate of drug-likeness (QED) is 0.813. The van der Waals surface area contributed by atoms with Gasteiger partial charge in [-0.25, -0.2) is 0 Å². The Morgan fingerprint density at radius 1 is 1.19 bits per heavy atom. The van der Waals surface area contributed by atoms with Crippen molar-refractivity contribution >= 4 is 11.9 Å². The average molecular weight is 249 g/mol. The maximum absolute atomic E-state index is 12.3. The fourth-order valence-electron chi connectivity index (χ4n) is 1.08. The minimum Gasteiger partial charge on any atom is -0.261 e. The molecule has 0 atom stereocenters. The molecule has 0 saturated heterocycles. The van der Waals surface area contributed by atoms with E-state index in [2.05, 4.69) is 4.72 Å². The molecule has 0 aliphatic heterocycles. The molecule has 1 aromatic carbocycles. The van der Waals surface area contributed by atoms with Crippen LogP contribution in [0.3, 0.4) is 0 Å². The van der Waals surface area contributed by atoms with E-state index in [0.717, 1.165) is 17.7 Å². The molecule has 0 unspecified atom stereocenters. The molecule has 0 amide bonds. The van der Waals surface area contributed by atoms with E-state index < -0.39 is 11.7 Å². The highest BCUT2D eigenvalue weighted by Gasteiger charge is 2.29. The third-order valence-electron chi connectivity index (χ3n) is 1.84. The fourth-order valence-corrected chi connectivity index (χ4v) is 1.86. The largest absolute Gasteiger partial charge is 0.416 e. The highest BCUT2D eigenvalue weighted by molar-refractivity contribution is 7.96. The Balaban J connectivity index is 2.52. The Labute approximate surface area is 97.6 Å². The Morgan fingerprint density at radius 3 is 2.19 bits per heavy atom. The van der Waals surface area contributed by atoms with E-state index in [1.807, 2.05) is 13.8 Å². The molecule has 0 aliphatic rings. The second-order valence-electron chi connectivity index (χ2n) is 3.76. The molecule has 0 spiro atoms. The number of rotatable bonds is 4. The van der Waals surface area contributed by atoms with Crippen LogP contribution in [0, 0.1) is 0 Å². The number of halogens is 3. The average Bonchev–Trinajstić information content (AvgIpc) is 2.16. The van der Waals surface area contributed by atoms with Gasteiger partial charge in [0.25, 0.3) is 0 Å². The number of hydrogen-bond donors (Lipinski definition) is 1. The topological polar surface area (TPSA) is 12.0 Å². The summed E-state index contributed by atoms with van der Waals surface area (Å²) in [5, 5.41) is 0. The van der Waals surface area contributed by atoms with Crippen LogP contribution in [0.5, 0.6) is 0 Å². The van der Waals surface area contributed by atoms with E-state index in [-0.39, 0.29) is 0 Å². The number of alkyl halides is 3. The second kappa shape index (κ2) is 5.59. The lowest BCUT2D eigenvalue weighted by Gasteiger charge is -2.09. The maximum Gasteiger partial charge on any atom is 0.416 e. The summed E-state index contributed by atoms with van der Waals surface area (Å²) >= 11 is 1.50. The summed E-state index contributed by atoms with van der Waals surface area (Å²) in [6.45, 7) is 4.03. The highest BCUT2D eigenvalue weighted by Crippen LogP contribution is 2.29. The molecule has 1 N–H and O–H groups in total.